The Bertz CT molecular complexity index is 449. The number of carbonyl (C=O) groups excluding carboxylic acids is 1. The van der Waals surface area contributed by atoms with Crippen LogP contribution in [0.4, 0.5) is 0 Å². The van der Waals surface area contributed by atoms with Crippen LogP contribution in [-0.2, 0) is 0 Å². The molecule has 0 aliphatic heterocycles. The number of nitrogens with one attached hydrogen (secondary N) is 1. The highest BCUT2D eigenvalue weighted by molar-refractivity contribution is 6.00. The maximum Gasteiger partial charge on any atom is 0.272 e. The molecule has 0 saturated carbocycles. The lowest BCUT2D eigenvalue weighted by Crippen LogP contribution is -2.18. The van der Waals surface area contributed by atoms with E-state index in [1.807, 2.05) is 6.08 Å². The first-order chi connectivity index (χ1) is 7.75. The van der Waals surface area contributed by atoms with E-state index in [-0.39, 0.29) is 5.91 Å². The van der Waals surface area contributed by atoms with Crippen LogP contribution in [-0.4, -0.2) is 16.6 Å². The summed E-state index contributed by atoms with van der Waals surface area (Å²) in [6.07, 6.45) is 7.08. The standard InChI is InChI=1S/C12H13N3O/c1-9-4-5-11(7-9)14-15-12(16)10-3-2-6-13-8-10/h2-3,6-8H,4-5H2,1H3,(H,15,16)/b14-11+. The van der Waals surface area contributed by atoms with E-state index in [9.17, 15) is 4.79 Å². The summed E-state index contributed by atoms with van der Waals surface area (Å²) in [5.74, 6) is -0.224. The molecule has 0 aromatic carbocycles. The smallest absolute Gasteiger partial charge is 0.267 e. The molecule has 0 bridgehead atoms. The van der Waals surface area contributed by atoms with Gasteiger partial charge in [-0.1, -0.05) is 5.57 Å². The Morgan fingerprint density at radius 3 is 3.00 bits per heavy atom. The Kier molecular flexibility index (Phi) is 3.10. The number of allylic oxidation sites excluding steroid dienone is 2. The summed E-state index contributed by atoms with van der Waals surface area (Å²) in [5.41, 5.74) is 5.27. The summed E-state index contributed by atoms with van der Waals surface area (Å²) < 4.78 is 0. The SMILES string of the molecule is CC1=C/C(=N/NC(=O)c2cccnc2)CC1. The third-order valence-corrected chi connectivity index (χ3v) is 2.41. The Morgan fingerprint density at radius 2 is 2.38 bits per heavy atom. The molecule has 4 nitrogen and oxygen atoms in total. The number of hydrogen-bond acceptors (Lipinski definition) is 3. The van der Waals surface area contributed by atoms with Crippen LogP contribution in [0.1, 0.15) is 30.1 Å². The summed E-state index contributed by atoms with van der Waals surface area (Å²) in [4.78, 5) is 15.5. The Labute approximate surface area is 94.1 Å². The molecule has 1 aliphatic carbocycles. The average Bonchev–Trinajstić information content (AvgIpc) is 2.73. The van der Waals surface area contributed by atoms with E-state index in [4.69, 9.17) is 0 Å². The van der Waals surface area contributed by atoms with Gasteiger partial charge < -0.3 is 0 Å². The number of pyridine rings is 1. The highest BCUT2D eigenvalue weighted by atomic mass is 16.2. The van der Waals surface area contributed by atoms with Gasteiger partial charge in [0.15, 0.2) is 0 Å². The largest absolute Gasteiger partial charge is 0.272 e. The molecule has 4 heteroatoms. The minimum Gasteiger partial charge on any atom is -0.267 e. The van der Waals surface area contributed by atoms with Gasteiger partial charge in [0.1, 0.15) is 0 Å². The molecule has 1 aliphatic rings. The summed E-state index contributed by atoms with van der Waals surface area (Å²) in [6.45, 7) is 2.06. The van der Waals surface area contributed by atoms with Gasteiger partial charge in [-0.3, -0.25) is 9.78 Å². The fourth-order valence-electron chi connectivity index (χ4n) is 1.53. The number of aromatic nitrogens is 1. The van der Waals surface area contributed by atoms with Crippen molar-refractivity contribution in [3.05, 3.63) is 41.7 Å². The highest BCUT2D eigenvalue weighted by Gasteiger charge is 2.08. The van der Waals surface area contributed by atoms with E-state index in [1.54, 1.807) is 18.3 Å². The number of rotatable bonds is 2. The van der Waals surface area contributed by atoms with E-state index in [0.29, 0.717) is 5.56 Å². The number of carbonyl (C=O) groups is 1. The Balaban J connectivity index is 1.99. The lowest BCUT2D eigenvalue weighted by atomic mass is 10.3. The molecule has 0 fully saturated rings. The first-order valence-electron chi connectivity index (χ1n) is 5.20. The molecule has 1 N–H and O–H groups in total. The Hall–Kier alpha value is -1.97. The molecule has 1 heterocycles. The van der Waals surface area contributed by atoms with E-state index in [2.05, 4.69) is 22.4 Å². The predicted octanol–water partition coefficient (Wildman–Crippen LogP) is 1.91. The van der Waals surface area contributed by atoms with Gasteiger partial charge in [0, 0.05) is 12.4 Å². The zero-order valence-corrected chi connectivity index (χ0v) is 9.10. The van der Waals surface area contributed by atoms with Gasteiger partial charge in [-0.15, -0.1) is 0 Å². The fourth-order valence-corrected chi connectivity index (χ4v) is 1.53. The van der Waals surface area contributed by atoms with E-state index in [1.165, 1.54) is 11.8 Å². The molecule has 0 radical (unpaired) electrons. The molecule has 0 atom stereocenters. The summed E-state index contributed by atoms with van der Waals surface area (Å²) in [6, 6.07) is 3.43. The fraction of sp³-hybridized carbons (Fsp3) is 0.250. The highest BCUT2D eigenvalue weighted by Crippen LogP contribution is 2.14. The average molecular weight is 215 g/mol. The first kappa shape index (κ1) is 10.5. The van der Waals surface area contributed by atoms with Crippen molar-refractivity contribution >= 4 is 11.6 Å². The molecule has 1 amide bonds. The van der Waals surface area contributed by atoms with Crippen molar-refractivity contribution in [3.63, 3.8) is 0 Å². The predicted molar refractivity (Wildman–Crippen MR) is 62.1 cm³/mol. The molecule has 0 spiro atoms. The van der Waals surface area contributed by atoms with Gasteiger partial charge in [0.25, 0.3) is 5.91 Å². The quantitative estimate of drug-likeness (QED) is 0.766. The van der Waals surface area contributed by atoms with Crippen molar-refractivity contribution in [1.82, 2.24) is 10.4 Å². The van der Waals surface area contributed by atoms with Gasteiger partial charge in [-0.25, -0.2) is 5.43 Å². The van der Waals surface area contributed by atoms with Crippen LogP contribution >= 0.6 is 0 Å². The van der Waals surface area contributed by atoms with E-state index in [0.717, 1.165) is 18.6 Å². The second-order valence-electron chi connectivity index (χ2n) is 3.78. The van der Waals surface area contributed by atoms with Crippen LogP contribution < -0.4 is 5.43 Å². The van der Waals surface area contributed by atoms with Crippen molar-refractivity contribution in [2.75, 3.05) is 0 Å². The topological polar surface area (TPSA) is 54.4 Å². The molecule has 0 saturated heterocycles. The third-order valence-electron chi connectivity index (χ3n) is 2.41. The third kappa shape index (κ3) is 2.53. The Morgan fingerprint density at radius 1 is 1.50 bits per heavy atom. The zero-order valence-electron chi connectivity index (χ0n) is 9.10. The minimum atomic E-state index is -0.224. The first-order valence-corrected chi connectivity index (χ1v) is 5.20. The number of amides is 1. The summed E-state index contributed by atoms with van der Waals surface area (Å²) >= 11 is 0. The van der Waals surface area contributed by atoms with Gasteiger partial charge in [-0.05, 0) is 38.0 Å². The van der Waals surface area contributed by atoms with Crippen LogP contribution in [0.2, 0.25) is 0 Å². The van der Waals surface area contributed by atoms with Crippen molar-refractivity contribution < 1.29 is 4.79 Å². The monoisotopic (exact) mass is 215 g/mol. The van der Waals surface area contributed by atoms with Gasteiger partial charge in [0.2, 0.25) is 0 Å². The normalized spacial score (nSPS) is 17.3. The van der Waals surface area contributed by atoms with Crippen LogP contribution in [0.5, 0.6) is 0 Å². The van der Waals surface area contributed by atoms with Crippen molar-refractivity contribution in [2.45, 2.75) is 19.8 Å². The van der Waals surface area contributed by atoms with Crippen LogP contribution in [0.25, 0.3) is 0 Å². The van der Waals surface area contributed by atoms with Gasteiger partial charge >= 0.3 is 0 Å². The second-order valence-corrected chi connectivity index (χ2v) is 3.78. The van der Waals surface area contributed by atoms with Crippen molar-refractivity contribution in [2.24, 2.45) is 5.10 Å². The molecule has 1 aromatic heterocycles. The molecular weight excluding hydrogens is 202 g/mol. The van der Waals surface area contributed by atoms with Crippen LogP contribution in [0, 0.1) is 0 Å². The molecule has 16 heavy (non-hydrogen) atoms. The number of hydrogen-bond donors (Lipinski definition) is 1. The summed E-state index contributed by atoms with van der Waals surface area (Å²) in [5, 5.41) is 4.06. The number of hydrazone groups is 1. The van der Waals surface area contributed by atoms with Crippen molar-refractivity contribution in [3.8, 4) is 0 Å². The molecule has 0 unspecified atom stereocenters. The second kappa shape index (κ2) is 4.70. The lowest BCUT2D eigenvalue weighted by molar-refractivity contribution is 0.0954. The number of nitrogens with zero attached hydrogens (tertiary/aromatic N) is 2. The van der Waals surface area contributed by atoms with Gasteiger partial charge in [0.05, 0.1) is 11.3 Å². The van der Waals surface area contributed by atoms with E-state index < -0.39 is 0 Å². The van der Waals surface area contributed by atoms with Crippen LogP contribution in [0.3, 0.4) is 0 Å². The van der Waals surface area contributed by atoms with Crippen LogP contribution in [0.15, 0.2) is 41.3 Å². The molecule has 2 rings (SSSR count). The minimum absolute atomic E-state index is 0.224. The zero-order chi connectivity index (χ0) is 11.4. The lowest BCUT2D eigenvalue weighted by Gasteiger charge is -1.99. The molecule has 82 valence electrons. The summed E-state index contributed by atoms with van der Waals surface area (Å²) in [7, 11) is 0. The van der Waals surface area contributed by atoms with Crippen molar-refractivity contribution in [1.29, 1.82) is 0 Å². The van der Waals surface area contributed by atoms with Gasteiger partial charge in [-0.2, -0.15) is 5.10 Å². The maximum atomic E-state index is 11.6. The molecule has 1 aromatic rings. The molecular formula is C12H13N3O. The maximum absolute atomic E-state index is 11.6. The van der Waals surface area contributed by atoms with E-state index >= 15 is 0 Å².